The summed E-state index contributed by atoms with van der Waals surface area (Å²) >= 11 is 0. The van der Waals surface area contributed by atoms with Crippen molar-refractivity contribution in [1.82, 2.24) is 25.1 Å². The first-order chi connectivity index (χ1) is 16.7. The van der Waals surface area contributed by atoms with Crippen molar-refractivity contribution in [2.45, 2.75) is 0 Å². The van der Waals surface area contributed by atoms with Gasteiger partial charge in [-0.05, 0) is 5.56 Å². The van der Waals surface area contributed by atoms with Gasteiger partial charge in [0, 0.05) is 43.4 Å². The maximum atomic E-state index is 12.7. The van der Waals surface area contributed by atoms with Gasteiger partial charge in [0.25, 0.3) is 11.9 Å². The number of aromatic nitrogens is 4. The average molecular weight is 460 g/mol. The monoisotopic (exact) mass is 460 g/mol. The van der Waals surface area contributed by atoms with Crippen molar-refractivity contribution in [3.8, 4) is 17.1 Å². The number of morpholine rings is 1. The molecule has 2 aliphatic heterocycles. The first-order valence-electron chi connectivity index (χ1n) is 11.4. The summed E-state index contributed by atoms with van der Waals surface area (Å²) in [7, 11) is 0. The molecule has 5 heterocycles. The van der Waals surface area contributed by atoms with Crippen molar-refractivity contribution < 1.29 is 18.7 Å². The molecule has 0 unspecified atom stereocenters. The maximum Gasteiger partial charge on any atom is 0.287 e. The summed E-state index contributed by atoms with van der Waals surface area (Å²) in [5.41, 5.74) is 3.06. The molecule has 34 heavy (non-hydrogen) atoms. The molecule has 2 aliphatic rings. The number of hydrogen-bond donors (Lipinski definition) is 1. The van der Waals surface area contributed by atoms with Crippen LogP contribution in [0, 0.1) is 5.92 Å². The van der Waals surface area contributed by atoms with E-state index in [0.29, 0.717) is 74.8 Å². The molecule has 3 aromatic heterocycles. The van der Waals surface area contributed by atoms with Crippen LogP contribution in [-0.4, -0.2) is 71.7 Å². The van der Waals surface area contributed by atoms with Crippen LogP contribution >= 0.6 is 0 Å². The fourth-order valence-electron chi connectivity index (χ4n) is 4.05. The third kappa shape index (κ3) is 4.02. The summed E-state index contributed by atoms with van der Waals surface area (Å²) in [6.07, 6.45) is 3.68. The van der Waals surface area contributed by atoms with Gasteiger partial charge >= 0.3 is 0 Å². The number of carbonyl (C=O) groups is 1. The number of rotatable bonds is 6. The van der Waals surface area contributed by atoms with Gasteiger partial charge in [0.1, 0.15) is 5.52 Å². The van der Waals surface area contributed by atoms with Gasteiger partial charge < -0.3 is 24.1 Å². The van der Waals surface area contributed by atoms with Crippen molar-refractivity contribution in [2.24, 2.45) is 5.92 Å². The third-order valence-corrected chi connectivity index (χ3v) is 6.03. The van der Waals surface area contributed by atoms with Gasteiger partial charge in [-0.1, -0.05) is 30.3 Å². The third-order valence-electron chi connectivity index (χ3n) is 6.03. The minimum absolute atomic E-state index is 0.210. The Morgan fingerprint density at radius 2 is 1.88 bits per heavy atom. The van der Waals surface area contributed by atoms with Gasteiger partial charge in [0.15, 0.2) is 17.2 Å². The van der Waals surface area contributed by atoms with E-state index in [1.54, 1.807) is 16.9 Å². The van der Waals surface area contributed by atoms with E-state index in [4.69, 9.17) is 18.9 Å². The number of nitrogens with zero attached hydrogens (tertiary/aromatic N) is 5. The molecular weight excluding hydrogens is 436 g/mol. The molecule has 0 atom stereocenters. The van der Waals surface area contributed by atoms with E-state index in [1.807, 2.05) is 36.5 Å². The lowest BCUT2D eigenvalue weighted by molar-refractivity contribution is -0.0299. The van der Waals surface area contributed by atoms with Gasteiger partial charge in [-0.2, -0.15) is 10.1 Å². The molecular formula is C24H24N6O4. The number of anilines is 1. The SMILES string of the molecule is O=C(NCC1COC1)c1cc2nc(-n3cc(-c4ccccc4)cn3)nc(N3CCOCC3)c2o1. The normalized spacial score (nSPS) is 16.5. The molecule has 0 bridgehead atoms. The van der Waals surface area contributed by atoms with Gasteiger partial charge in [-0.15, -0.1) is 0 Å². The highest BCUT2D eigenvalue weighted by atomic mass is 16.5. The molecule has 174 valence electrons. The first-order valence-corrected chi connectivity index (χ1v) is 11.4. The Kier molecular flexibility index (Phi) is 5.44. The summed E-state index contributed by atoms with van der Waals surface area (Å²) in [5, 5.41) is 7.41. The van der Waals surface area contributed by atoms with Crippen LogP contribution in [0.15, 0.2) is 53.2 Å². The van der Waals surface area contributed by atoms with Crippen molar-refractivity contribution in [3.05, 3.63) is 54.6 Å². The summed E-state index contributed by atoms with van der Waals surface area (Å²) in [6, 6.07) is 11.7. The van der Waals surface area contributed by atoms with Gasteiger partial charge in [-0.25, -0.2) is 9.67 Å². The Morgan fingerprint density at radius 3 is 2.65 bits per heavy atom. The first kappa shape index (κ1) is 20.8. The molecule has 2 saturated heterocycles. The average Bonchev–Trinajstić information content (AvgIpc) is 3.51. The quantitative estimate of drug-likeness (QED) is 0.467. The molecule has 1 N–H and O–H groups in total. The minimum atomic E-state index is -0.273. The predicted molar refractivity (Wildman–Crippen MR) is 124 cm³/mol. The number of nitrogens with one attached hydrogen (secondary N) is 1. The number of benzene rings is 1. The van der Waals surface area contributed by atoms with Crippen LogP contribution in [0.4, 0.5) is 5.82 Å². The lowest BCUT2D eigenvalue weighted by Gasteiger charge is -2.27. The van der Waals surface area contributed by atoms with Crippen LogP contribution < -0.4 is 10.2 Å². The van der Waals surface area contributed by atoms with Crippen molar-refractivity contribution in [2.75, 3.05) is 51.0 Å². The van der Waals surface area contributed by atoms with Crippen LogP contribution in [0.1, 0.15) is 10.6 Å². The van der Waals surface area contributed by atoms with Gasteiger partial charge in [-0.3, -0.25) is 4.79 Å². The molecule has 4 aromatic rings. The van der Waals surface area contributed by atoms with E-state index in [9.17, 15) is 4.79 Å². The number of hydrogen-bond acceptors (Lipinski definition) is 8. The van der Waals surface area contributed by atoms with E-state index >= 15 is 0 Å². The number of ether oxygens (including phenoxy) is 2. The molecule has 0 saturated carbocycles. The summed E-state index contributed by atoms with van der Waals surface area (Å²) in [5.74, 6) is 1.33. The summed E-state index contributed by atoms with van der Waals surface area (Å²) < 4.78 is 18.3. The highest BCUT2D eigenvalue weighted by Crippen LogP contribution is 2.29. The number of carbonyl (C=O) groups excluding carboxylic acids is 1. The van der Waals surface area contributed by atoms with Crippen LogP contribution in [-0.2, 0) is 9.47 Å². The standard InChI is InChI=1S/C24H24N6O4/c31-23(25-11-16-14-33-15-16)20-10-19-21(34-20)22(29-6-8-32-9-7-29)28-24(27-19)30-13-18(12-26-30)17-4-2-1-3-5-17/h1-5,10,12-13,16H,6-9,11,14-15H2,(H,25,31). The second-order valence-electron chi connectivity index (χ2n) is 8.42. The summed E-state index contributed by atoms with van der Waals surface area (Å²) in [4.78, 5) is 24.3. The molecule has 1 amide bonds. The fourth-order valence-corrected chi connectivity index (χ4v) is 4.05. The van der Waals surface area contributed by atoms with Crippen LogP contribution in [0.5, 0.6) is 0 Å². The highest BCUT2D eigenvalue weighted by Gasteiger charge is 2.25. The zero-order valence-corrected chi connectivity index (χ0v) is 18.5. The second kappa shape index (κ2) is 8.88. The fraction of sp³-hybridized carbons (Fsp3) is 0.333. The lowest BCUT2D eigenvalue weighted by Crippen LogP contribution is -2.39. The van der Waals surface area contributed by atoms with Crippen molar-refractivity contribution in [1.29, 1.82) is 0 Å². The Balaban J connectivity index is 1.36. The number of furan rings is 1. The Bertz CT molecular complexity index is 1310. The van der Waals surface area contributed by atoms with Crippen molar-refractivity contribution in [3.63, 3.8) is 0 Å². The molecule has 10 nitrogen and oxygen atoms in total. The molecule has 1 aromatic carbocycles. The zero-order chi connectivity index (χ0) is 22.9. The van der Waals surface area contributed by atoms with E-state index in [0.717, 1.165) is 11.1 Å². The van der Waals surface area contributed by atoms with E-state index < -0.39 is 0 Å². The van der Waals surface area contributed by atoms with E-state index in [2.05, 4.69) is 20.3 Å². The van der Waals surface area contributed by atoms with Crippen LogP contribution in [0.25, 0.3) is 28.2 Å². The lowest BCUT2D eigenvalue weighted by atomic mass is 10.1. The highest BCUT2D eigenvalue weighted by molar-refractivity contribution is 5.97. The topological polar surface area (TPSA) is 108 Å². The predicted octanol–water partition coefficient (Wildman–Crippen LogP) is 2.29. The molecule has 0 radical (unpaired) electrons. The second-order valence-corrected chi connectivity index (χ2v) is 8.42. The van der Waals surface area contributed by atoms with Gasteiger partial charge in [0.05, 0.1) is 32.6 Å². The number of amides is 1. The van der Waals surface area contributed by atoms with Crippen LogP contribution in [0.2, 0.25) is 0 Å². The summed E-state index contributed by atoms with van der Waals surface area (Å²) in [6.45, 7) is 4.43. The molecule has 2 fully saturated rings. The molecule has 0 spiro atoms. The van der Waals surface area contributed by atoms with Crippen molar-refractivity contribution >= 4 is 22.8 Å². The Labute approximate surface area is 195 Å². The smallest absolute Gasteiger partial charge is 0.287 e. The van der Waals surface area contributed by atoms with E-state index in [-0.39, 0.29) is 11.7 Å². The van der Waals surface area contributed by atoms with Gasteiger partial charge in [0.2, 0.25) is 0 Å². The zero-order valence-electron chi connectivity index (χ0n) is 18.5. The Morgan fingerprint density at radius 1 is 1.06 bits per heavy atom. The maximum absolute atomic E-state index is 12.7. The molecule has 10 heteroatoms. The largest absolute Gasteiger partial charge is 0.445 e. The minimum Gasteiger partial charge on any atom is -0.445 e. The van der Waals surface area contributed by atoms with Crippen LogP contribution in [0.3, 0.4) is 0 Å². The molecule has 0 aliphatic carbocycles. The number of fused-ring (bicyclic) bond motifs is 1. The molecule has 6 rings (SSSR count). The van der Waals surface area contributed by atoms with E-state index in [1.165, 1.54) is 0 Å². The Hall–Kier alpha value is -3.76.